The van der Waals surface area contributed by atoms with Crippen molar-refractivity contribution in [3.05, 3.63) is 0 Å². The largest absolute Gasteiger partial charge is 0.444 e. The monoisotopic (exact) mass is 299 g/mol. The molecule has 0 aromatic rings. The van der Waals surface area contributed by atoms with Crippen LogP contribution < -0.4 is 10.6 Å². The van der Waals surface area contributed by atoms with Crippen LogP contribution in [0.2, 0.25) is 0 Å². The van der Waals surface area contributed by atoms with Crippen LogP contribution in [0.3, 0.4) is 0 Å². The fraction of sp³-hybridized carbons (Fsp3) is 0.867. The van der Waals surface area contributed by atoms with Gasteiger partial charge in [-0.3, -0.25) is 4.79 Å². The van der Waals surface area contributed by atoms with E-state index in [1.165, 1.54) is 0 Å². The average Bonchev–Trinajstić information content (AvgIpc) is 2.37. The molecule has 21 heavy (non-hydrogen) atoms. The summed E-state index contributed by atoms with van der Waals surface area (Å²) in [5.74, 6) is 0.110. The lowest BCUT2D eigenvalue weighted by Gasteiger charge is -2.34. The molecule has 6 heteroatoms. The van der Waals surface area contributed by atoms with Crippen molar-refractivity contribution in [3.8, 4) is 0 Å². The van der Waals surface area contributed by atoms with Crippen molar-refractivity contribution in [1.82, 2.24) is 15.5 Å². The maximum Gasteiger partial charge on any atom is 0.407 e. The molecule has 0 aromatic heterocycles. The molecule has 1 aliphatic rings. The Balaban J connectivity index is 2.27. The molecule has 1 aliphatic heterocycles. The van der Waals surface area contributed by atoms with Crippen molar-refractivity contribution >= 4 is 12.0 Å². The summed E-state index contributed by atoms with van der Waals surface area (Å²) in [4.78, 5) is 25.2. The van der Waals surface area contributed by atoms with E-state index in [4.69, 9.17) is 4.74 Å². The number of carbonyl (C=O) groups excluding carboxylic acids is 2. The number of carbonyl (C=O) groups is 2. The molecule has 0 bridgehead atoms. The zero-order chi connectivity index (χ0) is 15.9. The lowest BCUT2D eigenvalue weighted by molar-refractivity contribution is -0.131. The van der Waals surface area contributed by atoms with Gasteiger partial charge in [0.1, 0.15) is 5.60 Å². The number of alkyl carbamates (subject to hydrolysis) is 1. The van der Waals surface area contributed by atoms with Gasteiger partial charge in [0.25, 0.3) is 0 Å². The first-order valence-corrected chi connectivity index (χ1v) is 7.74. The number of hydrogen-bond donors (Lipinski definition) is 2. The number of rotatable bonds is 5. The number of hydrogen-bond acceptors (Lipinski definition) is 4. The lowest BCUT2D eigenvalue weighted by Crippen LogP contribution is -2.46. The Labute approximate surface area is 127 Å². The van der Waals surface area contributed by atoms with E-state index in [9.17, 15) is 9.59 Å². The van der Waals surface area contributed by atoms with Crippen molar-refractivity contribution in [1.29, 1.82) is 0 Å². The second-order valence-corrected chi connectivity index (χ2v) is 6.48. The Morgan fingerprint density at radius 2 is 1.90 bits per heavy atom. The molecule has 0 aromatic carbocycles. The second kappa shape index (κ2) is 8.22. The van der Waals surface area contributed by atoms with Crippen molar-refractivity contribution in [2.75, 3.05) is 26.2 Å². The maximum absolute atomic E-state index is 11.8. The molecule has 1 fully saturated rings. The van der Waals surface area contributed by atoms with Crippen LogP contribution in [0.25, 0.3) is 0 Å². The normalized spacial score (nSPS) is 16.4. The summed E-state index contributed by atoms with van der Waals surface area (Å²) in [6.07, 6.45) is 2.33. The van der Waals surface area contributed by atoms with Gasteiger partial charge in [0.15, 0.2) is 0 Å². The molecule has 0 aliphatic carbocycles. The van der Waals surface area contributed by atoms with Crippen LogP contribution in [-0.4, -0.2) is 54.7 Å². The zero-order valence-electron chi connectivity index (χ0n) is 13.7. The summed E-state index contributed by atoms with van der Waals surface area (Å²) >= 11 is 0. The number of nitrogens with one attached hydrogen (secondary N) is 2. The zero-order valence-corrected chi connectivity index (χ0v) is 13.7. The van der Waals surface area contributed by atoms with E-state index < -0.39 is 11.7 Å². The minimum atomic E-state index is -0.482. The summed E-state index contributed by atoms with van der Waals surface area (Å²) in [6, 6.07) is 0.324. The average molecular weight is 299 g/mol. The summed E-state index contributed by atoms with van der Waals surface area (Å²) in [5.41, 5.74) is -0.482. The Hall–Kier alpha value is -1.30. The van der Waals surface area contributed by atoms with Crippen molar-refractivity contribution in [2.24, 2.45) is 0 Å². The van der Waals surface area contributed by atoms with E-state index in [0.717, 1.165) is 32.4 Å². The highest BCUT2D eigenvalue weighted by Crippen LogP contribution is 2.12. The van der Waals surface area contributed by atoms with Crippen LogP contribution in [0.1, 0.15) is 47.0 Å². The molecule has 1 rings (SSSR count). The third kappa shape index (κ3) is 7.32. The maximum atomic E-state index is 11.8. The molecular weight excluding hydrogens is 270 g/mol. The number of amides is 2. The fourth-order valence-electron chi connectivity index (χ4n) is 2.47. The van der Waals surface area contributed by atoms with Gasteiger partial charge >= 0.3 is 6.09 Å². The van der Waals surface area contributed by atoms with Crippen LogP contribution in [-0.2, 0) is 9.53 Å². The minimum absolute atomic E-state index is 0.110. The highest BCUT2D eigenvalue weighted by atomic mass is 16.6. The van der Waals surface area contributed by atoms with Gasteiger partial charge in [-0.25, -0.2) is 4.79 Å². The van der Waals surface area contributed by atoms with Crippen LogP contribution in [0.5, 0.6) is 0 Å². The number of nitrogens with zero attached hydrogens (tertiary/aromatic N) is 1. The standard InChI is InChI=1S/C15H29N3O3/c1-12(19)18(13-6-9-16-10-7-13)11-5-8-17-14(20)21-15(2,3)4/h13,16H,5-11H2,1-4H3,(H,17,20). The molecule has 0 atom stereocenters. The van der Waals surface area contributed by atoms with Crippen molar-refractivity contribution in [3.63, 3.8) is 0 Å². The van der Waals surface area contributed by atoms with E-state index in [0.29, 0.717) is 19.1 Å². The van der Waals surface area contributed by atoms with Gasteiger partial charge in [-0.2, -0.15) is 0 Å². The van der Waals surface area contributed by atoms with E-state index in [-0.39, 0.29) is 5.91 Å². The van der Waals surface area contributed by atoms with Crippen LogP contribution >= 0.6 is 0 Å². The van der Waals surface area contributed by atoms with Crippen LogP contribution in [0, 0.1) is 0 Å². The van der Waals surface area contributed by atoms with E-state index in [1.54, 1.807) is 6.92 Å². The first kappa shape index (κ1) is 17.8. The van der Waals surface area contributed by atoms with Crippen molar-refractivity contribution < 1.29 is 14.3 Å². The minimum Gasteiger partial charge on any atom is -0.444 e. The first-order valence-electron chi connectivity index (χ1n) is 7.74. The summed E-state index contributed by atoms with van der Waals surface area (Å²) < 4.78 is 5.17. The third-order valence-corrected chi connectivity index (χ3v) is 3.40. The summed E-state index contributed by atoms with van der Waals surface area (Å²) in [7, 11) is 0. The van der Waals surface area contributed by atoms with Gasteiger partial charge in [0.2, 0.25) is 5.91 Å². The predicted octanol–water partition coefficient (Wildman–Crippen LogP) is 1.50. The highest BCUT2D eigenvalue weighted by molar-refractivity contribution is 5.73. The molecule has 0 radical (unpaired) electrons. The predicted molar refractivity (Wildman–Crippen MR) is 82.1 cm³/mol. The summed E-state index contributed by atoms with van der Waals surface area (Å²) in [5, 5.41) is 6.03. The highest BCUT2D eigenvalue weighted by Gasteiger charge is 2.22. The van der Waals surface area contributed by atoms with Crippen LogP contribution in [0.15, 0.2) is 0 Å². The summed E-state index contributed by atoms with van der Waals surface area (Å²) in [6.45, 7) is 10.2. The molecule has 2 N–H and O–H groups in total. The van der Waals surface area contributed by atoms with Gasteiger partial charge in [-0.05, 0) is 53.1 Å². The van der Waals surface area contributed by atoms with Gasteiger partial charge in [0, 0.05) is 26.1 Å². The molecule has 6 nitrogen and oxygen atoms in total. The van der Waals surface area contributed by atoms with E-state index in [1.807, 2.05) is 25.7 Å². The van der Waals surface area contributed by atoms with Gasteiger partial charge < -0.3 is 20.3 Å². The van der Waals surface area contributed by atoms with Crippen molar-refractivity contribution in [2.45, 2.75) is 58.6 Å². The smallest absolute Gasteiger partial charge is 0.407 e. The second-order valence-electron chi connectivity index (χ2n) is 6.48. The lowest BCUT2D eigenvalue weighted by atomic mass is 10.0. The Bertz CT molecular complexity index is 347. The third-order valence-electron chi connectivity index (χ3n) is 3.40. The Morgan fingerprint density at radius 1 is 1.29 bits per heavy atom. The number of piperidine rings is 1. The molecule has 122 valence electrons. The quantitative estimate of drug-likeness (QED) is 0.755. The SMILES string of the molecule is CC(=O)N(CCCNC(=O)OC(C)(C)C)C1CCNCC1. The Morgan fingerprint density at radius 3 is 2.43 bits per heavy atom. The van der Waals surface area contributed by atoms with Gasteiger partial charge in [0.05, 0.1) is 0 Å². The first-order chi connectivity index (χ1) is 9.79. The molecule has 0 saturated carbocycles. The van der Waals surface area contributed by atoms with Crippen LogP contribution in [0.4, 0.5) is 4.79 Å². The van der Waals surface area contributed by atoms with E-state index in [2.05, 4.69) is 10.6 Å². The molecule has 0 spiro atoms. The van der Waals surface area contributed by atoms with E-state index >= 15 is 0 Å². The van der Waals surface area contributed by atoms with Gasteiger partial charge in [-0.15, -0.1) is 0 Å². The number of ether oxygens (including phenoxy) is 1. The molecule has 1 heterocycles. The Kier molecular flexibility index (Phi) is 6.95. The molecule has 1 saturated heterocycles. The molecule has 0 unspecified atom stereocenters. The molecular formula is C15H29N3O3. The van der Waals surface area contributed by atoms with Gasteiger partial charge in [-0.1, -0.05) is 0 Å². The topological polar surface area (TPSA) is 70.7 Å². The fourth-order valence-corrected chi connectivity index (χ4v) is 2.47. The molecule has 2 amide bonds.